The third-order valence-electron chi connectivity index (χ3n) is 11.5. The van der Waals surface area contributed by atoms with Gasteiger partial charge in [0, 0.05) is 77.4 Å². The Hall–Kier alpha value is -6.67. The van der Waals surface area contributed by atoms with Gasteiger partial charge in [-0.15, -0.1) is 0 Å². The highest BCUT2D eigenvalue weighted by Gasteiger charge is 2.40. The predicted molar refractivity (Wildman–Crippen MR) is 256 cm³/mol. The first kappa shape index (κ1) is 52.7. The molecule has 7 amide bonds. The van der Waals surface area contributed by atoms with Gasteiger partial charge in [0.1, 0.15) is 41.9 Å². The standard InChI is InChI=1S/C50H68N8O12/c1-49(2,3)69-45(61)54-29-36-14-10-13-35(27-36)28-53-44(60)56-22-24-58(25-23-56)47(63)67-33-40-42(66-32-34-11-8-7-9-12-34)39(19-26-65-40)68-48(64)57-20-17-38(18-21-57)43(59)52-31-37-15-16-41(51-30-37)55-46(62)70-50(4,5)6/h7-16,27,30,38-40,42H,17-26,28-29,31-33H2,1-6H3,(H,52,59)(H,53,60)(H,54,61)(H,51,55,62)/t39-,40-,42+/m1/s1. The number of piperidine rings is 1. The number of pyridine rings is 1. The van der Waals surface area contributed by atoms with Crippen molar-refractivity contribution >= 4 is 42.1 Å². The number of hydrogen-bond acceptors (Lipinski definition) is 13. The average molecular weight is 973 g/mol. The van der Waals surface area contributed by atoms with Gasteiger partial charge in [-0.25, -0.2) is 29.0 Å². The number of piperazine rings is 1. The number of nitrogens with zero attached hydrogens (tertiary/aromatic N) is 4. The first-order valence-corrected chi connectivity index (χ1v) is 23.8. The number of nitrogens with one attached hydrogen (secondary N) is 4. The molecule has 3 aliphatic rings. The van der Waals surface area contributed by atoms with E-state index >= 15 is 0 Å². The van der Waals surface area contributed by atoms with Gasteiger partial charge in [-0.2, -0.15) is 0 Å². The Morgan fingerprint density at radius 2 is 1.27 bits per heavy atom. The minimum atomic E-state index is -0.756. The van der Waals surface area contributed by atoms with Crippen LogP contribution in [-0.4, -0.2) is 138 Å². The molecule has 6 rings (SSSR count). The lowest BCUT2D eigenvalue weighted by Gasteiger charge is -2.39. The maximum Gasteiger partial charge on any atom is 0.413 e. The molecule has 3 aromatic rings. The number of aromatic nitrogens is 1. The quantitative estimate of drug-likeness (QED) is 0.130. The van der Waals surface area contributed by atoms with Gasteiger partial charge in [-0.05, 0) is 82.7 Å². The second-order valence-electron chi connectivity index (χ2n) is 19.4. The van der Waals surface area contributed by atoms with Crippen molar-refractivity contribution in [3.8, 4) is 0 Å². The first-order chi connectivity index (χ1) is 33.4. The van der Waals surface area contributed by atoms with Gasteiger partial charge in [0.15, 0.2) is 0 Å². The van der Waals surface area contributed by atoms with E-state index in [1.807, 2.05) is 54.6 Å². The summed E-state index contributed by atoms with van der Waals surface area (Å²) in [7, 11) is 0. The zero-order valence-corrected chi connectivity index (χ0v) is 41.0. The SMILES string of the molecule is CC(C)(C)OC(=O)NCc1cccc(CNC(=O)N2CCN(C(=O)OC[C@H]3OCC[C@@H](OC(=O)N4CCC(C(=O)NCc5ccc(NC(=O)OC(C)(C)C)nc5)CC4)[C@@H]3OCc3ccccc3)CC2)c1. The van der Waals surface area contributed by atoms with E-state index in [0.29, 0.717) is 51.3 Å². The second kappa shape index (κ2) is 24.7. The van der Waals surface area contributed by atoms with E-state index in [4.69, 9.17) is 28.4 Å². The number of hydrogen-bond donors (Lipinski definition) is 4. The van der Waals surface area contributed by atoms with Gasteiger partial charge in [-0.1, -0.05) is 60.7 Å². The Bertz CT molecular complexity index is 2220. The predicted octanol–water partition coefficient (Wildman–Crippen LogP) is 6.33. The van der Waals surface area contributed by atoms with Crippen LogP contribution in [0.1, 0.15) is 83.1 Å². The molecule has 0 radical (unpaired) electrons. The highest BCUT2D eigenvalue weighted by atomic mass is 16.6. The third kappa shape index (κ3) is 17.1. The van der Waals surface area contributed by atoms with E-state index in [2.05, 4.69) is 26.3 Å². The fraction of sp³-hybridized carbons (Fsp3) is 0.540. The summed E-state index contributed by atoms with van der Waals surface area (Å²) >= 11 is 0. The minimum absolute atomic E-state index is 0.130. The van der Waals surface area contributed by atoms with Gasteiger partial charge >= 0.3 is 30.4 Å². The van der Waals surface area contributed by atoms with Crippen molar-refractivity contribution in [1.82, 2.24) is 35.6 Å². The number of alkyl carbamates (subject to hydrolysis) is 1. The molecule has 2 aromatic carbocycles. The molecule has 3 saturated heterocycles. The molecule has 1 aromatic heterocycles. The molecule has 0 unspecified atom stereocenters. The fourth-order valence-corrected chi connectivity index (χ4v) is 7.92. The van der Waals surface area contributed by atoms with E-state index in [1.54, 1.807) is 69.7 Å². The molecule has 4 N–H and O–H groups in total. The Morgan fingerprint density at radius 3 is 1.93 bits per heavy atom. The summed E-state index contributed by atoms with van der Waals surface area (Å²) in [6, 6.07) is 20.2. The van der Waals surface area contributed by atoms with Crippen LogP contribution >= 0.6 is 0 Å². The van der Waals surface area contributed by atoms with Crippen LogP contribution in [0.5, 0.6) is 0 Å². The van der Waals surface area contributed by atoms with Crippen molar-refractivity contribution in [2.24, 2.45) is 5.92 Å². The topological polar surface area (TPSA) is 229 Å². The second-order valence-corrected chi connectivity index (χ2v) is 19.4. The van der Waals surface area contributed by atoms with Crippen LogP contribution < -0.4 is 21.3 Å². The molecule has 0 spiro atoms. The number of ether oxygens (including phenoxy) is 6. The van der Waals surface area contributed by atoms with Crippen LogP contribution in [0.3, 0.4) is 0 Å². The highest BCUT2D eigenvalue weighted by molar-refractivity contribution is 5.83. The summed E-state index contributed by atoms with van der Waals surface area (Å²) in [5, 5.41) is 11.2. The van der Waals surface area contributed by atoms with Gasteiger partial charge in [-0.3, -0.25) is 10.1 Å². The highest BCUT2D eigenvalue weighted by Crippen LogP contribution is 2.26. The van der Waals surface area contributed by atoms with Gasteiger partial charge < -0.3 is 59.1 Å². The lowest BCUT2D eigenvalue weighted by Crippen LogP contribution is -2.54. The molecule has 20 heteroatoms. The fourth-order valence-electron chi connectivity index (χ4n) is 7.92. The summed E-state index contributed by atoms with van der Waals surface area (Å²) in [5.74, 6) is -0.102. The number of urea groups is 1. The molecular weight excluding hydrogens is 905 g/mol. The third-order valence-corrected chi connectivity index (χ3v) is 11.5. The lowest BCUT2D eigenvalue weighted by atomic mass is 9.96. The van der Waals surface area contributed by atoms with Crippen molar-refractivity contribution in [2.75, 3.05) is 57.8 Å². The largest absolute Gasteiger partial charge is 0.447 e. The van der Waals surface area contributed by atoms with Crippen LogP contribution in [0.4, 0.5) is 29.8 Å². The van der Waals surface area contributed by atoms with Crippen molar-refractivity contribution in [3.63, 3.8) is 0 Å². The van der Waals surface area contributed by atoms with Crippen LogP contribution in [0.2, 0.25) is 0 Å². The summed E-state index contributed by atoms with van der Waals surface area (Å²) in [5.41, 5.74) is 2.13. The van der Waals surface area contributed by atoms with Crippen molar-refractivity contribution < 1.29 is 57.2 Å². The molecule has 0 aliphatic carbocycles. The Kier molecular flexibility index (Phi) is 18.6. The van der Waals surface area contributed by atoms with E-state index in [-0.39, 0.29) is 70.4 Å². The number of carbonyl (C=O) groups is 6. The Morgan fingerprint density at radius 1 is 0.657 bits per heavy atom. The first-order valence-electron chi connectivity index (χ1n) is 23.8. The van der Waals surface area contributed by atoms with Crippen LogP contribution in [0.15, 0.2) is 72.9 Å². The van der Waals surface area contributed by atoms with Gasteiger partial charge in [0.25, 0.3) is 0 Å². The summed E-state index contributed by atoms with van der Waals surface area (Å²) in [6.07, 6.45) is -1.57. The Labute approximate surface area is 409 Å². The maximum absolute atomic E-state index is 13.6. The van der Waals surface area contributed by atoms with E-state index in [0.717, 1.165) is 22.3 Å². The number of likely N-dealkylation sites (tertiary alicyclic amines) is 1. The maximum atomic E-state index is 13.6. The molecular formula is C50H68N8O12. The van der Waals surface area contributed by atoms with E-state index < -0.39 is 53.9 Å². The van der Waals surface area contributed by atoms with Crippen molar-refractivity contribution in [1.29, 1.82) is 0 Å². The molecule has 3 atom stereocenters. The molecule has 380 valence electrons. The van der Waals surface area contributed by atoms with E-state index in [1.165, 1.54) is 4.90 Å². The number of rotatable bonds is 14. The van der Waals surface area contributed by atoms with Crippen LogP contribution in [0.25, 0.3) is 0 Å². The monoisotopic (exact) mass is 972 g/mol. The number of amides is 7. The van der Waals surface area contributed by atoms with Crippen molar-refractivity contribution in [3.05, 3.63) is 95.2 Å². The zero-order valence-electron chi connectivity index (χ0n) is 41.0. The van der Waals surface area contributed by atoms with Crippen LogP contribution in [0, 0.1) is 5.92 Å². The molecule has 0 bridgehead atoms. The van der Waals surface area contributed by atoms with Crippen LogP contribution in [-0.2, 0) is 59.5 Å². The molecule has 20 nitrogen and oxygen atoms in total. The molecule has 0 saturated carbocycles. The van der Waals surface area contributed by atoms with E-state index in [9.17, 15) is 28.8 Å². The number of benzene rings is 2. The Balaban J connectivity index is 0.932. The number of anilines is 1. The molecule has 4 heterocycles. The molecule has 3 aliphatic heterocycles. The zero-order chi connectivity index (χ0) is 50.3. The van der Waals surface area contributed by atoms with Gasteiger partial charge in [0.2, 0.25) is 5.91 Å². The van der Waals surface area contributed by atoms with Crippen molar-refractivity contribution in [2.45, 2.75) is 117 Å². The summed E-state index contributed by atoms with van der Waals surface area (Å²) < 4.78 is 34.9. The average Bonchev–Trinajstić information content (AvgIpc) is 3.33. The lowest BCUT2D eigenvalue weighted by molar-refractivity contribution is -0.178. The number of carbonyl (C=O) groups excluding carboxylic acids is 6. The molecule has 70 heavy (non-hydrogen) atoms. The minimum Gasteiger partial charge on any atom is -0.447 e. The summed E-state index contributed by atoms with van der Waals surface area (Å²) in [4.78, 5) is 86.3. The summed E-state index contributed by atoms with van der Waals surface area (Å²) in [6.45, 7) is 13.6. The normalized spacial score (nSPS) is 18.8. The molecule has 3 fully saturated rings. The smallest absolute Gasteiger partial charge is 0.413 e. The van der Waals surface area contributed by atoms with Gasteiger partial charge in [0.05, 0.1) is 13.2 Å².